The summed E-state index contributed by atoms with van der Waals surface area (Å²) in [6, 6.07) is 9.35. The Kier molecular flexibility index (Phi) is 6.85. The lowest BCUT2D eigenvalue weighted by molar-refractivity contribution is -0.127. The van der Waals surface area contributed by atoms with Crippen molar-refractivity contribution in [1.82, 2.24) is 15.5 Å². The van der Waals surface area contributed by atoms with Crippen molar-refractivity contribution in [3.8, 4) is 0 Å². The van der Waals surface area contributed by atoms with Gasteiger partial charge in [-0.2, -0.15) is 0 Å². The Balaban J connectivity index is 1.47. The number of rotatable bonds is 6. The van der Waals surface area contributed by atoms with Crippen molar-refractivity contribution >= 4 is 11.8 Å². The molecule has 0 radical (unpaired) electrons. The van der Waals surface area contributed by atoms with Crippen LogP contribution in [-0.2, 0) is 9.53 Å². The summed E-state index contributed by atoms with van der Waals surface area (Å²) >= 11 is 0. The number of hydrogen-bond donors (Lipinski definition) is 2. The van der Waals surface area contributed by atoms with Gasteiger partial charge in [0.15, 0.2) is 0 Å². The molecule has 0 saturated carbocycles. The van der Waals surface area contributed by atoms with E-state index in [2.05, 4.69) is 10.6 Å². The van der Waals surface area contributed by atoms with E-state index >= 15 is 0 Å². The van der Waals surface area contributed by atoms with Gasteiger partial charge in [-0.25, -0.2) is 0 Å². The summed E-state index contributed by atoms with van der Waals surface area (Å²) in [6.07, 6.45) is 3.49. The van der Waals surface area contributed by atoms with E-state index in [4.69, 9.17) is 4.74 Å². The third kappa shape index (κ3) is 5.08. The Morgan fingerprint density at radius 2 is 1.85 bits per heavy atom. The highest BCUT2D eigenvalue weighted by Gasteiger charge is 2.34. The third-order valence-electron chi connectivity index (χ3n) is 5.93. The minimum absolute atomic E-state index is 0.00821. The molecule has 2 N–H and O–H groups in total. The fraction of sp³-hybridized carbons (Fsp3) is 0.619. The molecule has 0 atom stereocenters. The Morgan fingerprint density at radius 3 is 2.48 bits per heavy atom. The molecule has 2 saturated heterocycles. The number of nitrogens with one attached hydrogen (secondary N) is 2. The molecule has 2 aliphatic heterocycles. The van der Waals surface area contributed by atoms with E-state index < -0.39 is 0 Å². The number of carbonyl (C=O) groups is 2. The second-order valence-corrected chi connectivity index (χ2v) is 7.83. The van der Waals surface area contributed by atoms with Gasteiger partial charge in [0.25, 0.3) is 5.91 Å². The largest absolute Gasteiger partial charge is 0.384 e. The van der Waals surface area contributed by atoms with Crippen molar-refractivity contribution in [3.63, 3.8) is 0 Å². The van der Waals surface area contributed by atoms with Gasteiger partial charge in [-0.1, -0.05) is 18.2 Å². The summed E-state index contributed by atoms with van der Waals surface area (Å²) in [5.41, 5.74) is 0.757. The lowest BCUT2D eigenvalue weighted by atomic mass is 9.79. The number of piperidine rings is 2. The van der Waals surface area contributed by atoms with Crippen LogP contribution < -0.4 is 10.6 Å². The van der Waals surface area contributed by atoms with Crippen LogP contribution >= 0.6 is 0 Å². The highest BCUT2D eigenvalue weighted by molar-refractivity contribution is 5.94. The number of ether oxygens (including phenoxy) is 1. The van der Waals surface area contributed by atoms with Crippen LogP contribution in [0.1, 0.15) is 36.0 Å². The summed E-state index contributed by atoms with van der Waals surface area (Å²) < 4.78 is 5.42. The monoisotopic (exact) mass is 373 g/mol. The number of carbonyl (C=O) groups excluding carboxylic acids is 2. The molecule has 0 bridgehead atoms. The van der Waals surface area contributed by atoms with Crippen molar-refractivity contribution in [2.75, 3.05) is 46.4 Å². The first-order valence-electron chi connectivity index (χ1n) is 9.95. The molecule has 2 heterocycles. The topological polar surface area (TPSA) is 70.7 Å². The second-order valence-electron chi connectivity index (χ2n) is 7.83. The highest BCUT2D eigenvalue weighted by Crippen LogP contribution is 2.28. The van der Waals surface area contributed by atoms with Crippen molar-refractivity contribution in [3.05, 3.63) is 35.9 Å². The van der Waals surface area contributed by atoms with Crippen molar-refractivity contribution < 1.29 is 14.3 Å². The van der Waals surface area contributed by atoms with Gasteiger partial charge in [-0.3, -0.25) is 9.59 Å². The third-order valence-corrected chi connectivity index (χ3v) is 5.93. The van der Waals surface area contributed by atoms with Crippen LogP contribution in [0.3, 0.4) is 0 Å². The van der Waals surface area contributed by atoms with E-state index in [0.717, 1.165) is 38.8 Å². The summed E-state index contributed by atoms with van der Waals surface area (Å²) in [5.74, 6) is 0.171. The maximum Gasteiger partial charge on any atom is 0.253 e. The number of benzene rings is 1. The Labute approximate surface area is 161 Å². The number of methoxy groups -OCH3 is 1. The number of amides is 2. The van der Waals surface area contributed by atoms with Crippen molar-refractivity contribution in [2.45, 2.75) is 25.7 Å². The molecule has 2 aliphatic rings. The van der Waals surface area contributed by atoms with Gasteiger partial charge in [-0.05, 0) is 50.9 Å². The Morgan fingerprint density at radius 1 is 1.19 bits per heavy atom. The molecular weight excluding hydrogens is 342 g/mol. The first-order valence-corrected chi connectivity index (χ1v) is 9.95. The van der Waals surface area contributed by atoms with Gasteiger partial charge in [0.05, 0.1) is 6.61 Å². The lowest BCUT2D eigenvalue weighted by Gasteiger charge is -2.38. The van der Waals surface area contributed by atoms with Crippen molar-refractivity contribution in [1.29, 1.82) is 0 Å². The van der Waals surface area contributed by atoms with E-state index in [1.54, 1.807) is 7.11 Å². The molecule has 3 rings (SSSR count). The van der Waals surface area contributed by atoms with Crippen LogP contribution in [0.15, 0.2) is 30.3 Å². The molecule has 148 valence electrons. The first kappa shape index (κ1) is 19.8. The second kappa shape index (κ2) is 9.33. The van der Waals surface area contributed by atoms with E-state index in [-0.39, 0.29) is 23.1 Å². The fourth-order valence-corrected chi connectivity index (χ4v) is 4.16. The number of hydrogen-bond acceptors (Lipinski definition) is 4. The molecule has 1 aromatic rings. The summed E-state index contributed by atoms with van der Waals surface area (Å²) in [6.45, 7) is 4.57. The first-order chi connectivity index (χ1) is 13.1. The van der Waals surface area contributed by atoms with Crippen LogP contribution in [0.4, 0.5) is 0 Å². The van der Waals surface area contributed by atoms with Gasteiger partial charge in [0.2, 0.25) is 5.91 Å². The average Bonchev–Trinajstić information content (AvgIpc) is 2.73. The molecule has 0 spiro atoms. The number of nitrogens with zero attached hydrogens (tertiary/aromatic N) is 1. The molecule has 2 amide bonds. The zero-order valence-corrected chi connectivity index (χ0v) is 16.2. The standard InChI is InChI=1S/C21H31N3O3/c1-27-16-21(9-11-22-12-10-21)15-23-19(25)17-7-13-24(14-8-17)20(26)18-5-3-2-4-6-18/h2-6,17,22H,7-16H2,1H3,(H,23,25). The van der Waals surface area contributed by atoms with Crippen LogP contribution in [0, 0.1) is 11.3 Å². The van der Waals surface area contributed by atoms with Crippen LogP contribution in [-0.4, -0.2) is 63.2 Å². The predicted molar refractivity (Wildman–Crippen MR) is 104 cm³/mol. The smallest absolute Gasteiger partial charge is 0.253 e. The SMILES string of the molecule is COCC1(CNC(=O)C2CCN(C(=O)c3ccccc3)CC2)CCNCC1. The summed E-state index contributed by atoms with van der Waals surface area (Å²) in [4.78, 5) is 27.1. The van der Waals surface area contributed by atoms with Crippen LogP contribution in [0.2, 0.25) is 0 Å². The van der Waals surface area contributed by atoms with E-state index in [1.165, 1.54) is 0 Å². The molecule has 6 heteroatoms. The normalized spacial score (nSPS) is 20.3. The molecule has 1 aromatic carbocycles. The van der Waals surface area contributed by atoms with E-state index in [1.807, 2.05) is 35.2 Å². The minimum atomic E-state index is -0.00821. The van der Waals surface area contributed by atoms with Crippen LogP contribution in [0.5, 0.6) is 0 Å². The molecule has 0 aromatic heterocycles. The zero-order valence-electron chi connectivity index (χ0n) is 16.2. The Bertz CT molecular complexity index is 615. The maximum atomic E-state index is 12.7. The van der Waals surface area contributed by atoms with Gasteiger partial charge >= 0.3 is 0 Å². The average molecular weight is 373 g/mol. The minimum Gasteiger partial charge on any atom is -0.384 e. The lowest BCUT2D eigenvalue weighted by Crippen LogP contribution is -2.49. The molecule has 2 fully saturated rings. The number of likely N-dealkylation sites (tertiary alicyclic amines) is 1. The highest BCUT2D eigenvalue weighted by atomic mass is 16.5. The summed E-state index contributed by atoms with van der Waals surface area (Å²) in [7, 11) is 1.73. The molecule has 0 unspecified atom stereocenters. The Hall–Kier alpha value is -1.92. The van der Waals surface area contributed by atoms with E-state index in [0.29, 0.717) is 31.8 Å². The molecule has 0 aliphatic carbocycles. The van der Waals surface area contributed by atoms with Gasteiger partial charge in [0.1, 0.15) is 0 Å². The van der Waals surface area contributed by atoms with Gasteiger partial charge < -0.3 is 20.3 Å². The van der Waals surface area contributed by atoms with Crippen LogP contribution in [0.25, 0.3) is 0 Å². The maximum absolute atomic E-state index is 12.7. The zero-order chi connectivity index (χ0) is 19.1. The van der Waals surface area contributed by atoms with Crippen molar-refractivity contribution in [2.24, 2.45) is 11.3 Å². The molecule has 6 nitrogen and oxygen atoms in total. The summed E-state index contributed by atoms with van der Waals surface area (Å²) in [5, 5.41) is 6.55. The fourth-order valence-electron chi connectivity index (χ4n) is 4.16. The quantitative estimate of drug-likeness (QED) is 0.796. The van der Waals surface area contributed by atoms with E-state index in [9.17, 15) is 9.59 Å². The molecule has 27 heavy (non-hydrogen) atoms. The molecular formula is C21H31N3O3. The van der Waals surface area contributed by atoms with Gasteiger partial charge in [0, 0.05) is 43.6 Å². The predicted octanol–water partition coefficient (Wildman–Crippen LogP) is 1.67. The van der Waals surface area contributed by atoms with Gasteiger partial charge in [-0.15, -0.1) is 0 Å².